The van der Waals surface area contributed by atoms with Gasteiger partial charge in [0.05, 0.1) is 0 Å². The standard InChI is InChI=1S/C7H12BF3N/c9-8(10,11)5-12-4-6-1-2-7(12)3-6/h6-7H,1-5H2/q-1. The Morgan fingerprint density at radius 2 is 2.00 bits per heavy atom. The van der Waals surface area contributed by atoms with Crippen LogP contribution in [-0.4, -0.2) is 30.9 Å². The Hall–Kier alpha value is -0.185. The molecule has 1 nitrogen and oxygen atoms in total. The van der Waals surface area contributed by atoms with Crippen LogP contribution >= 0.6 is 0 Å². The number of piperidine rings is 1. The van der Waals surface area contributed by atoms with E-state index in [1.165, 1.54) is 0 Å². The molecule has 0 N–H and O–H groups in total. The highest BCUT2D eigenvalue weighted by Crippen LogP contribution is 2.37. The van der Waals surface area contributed by atoms with Crippen LogP contribution in [0.1, 0.15) is 19.3 Å². The third-order valence-corrected chi connectivity index (χ3v) is 2.96. The Bertz CT molecular complexity index is 182. The summed E-state index contributed by atoms with van der Waals surface area (Å²) in [5, 5.41) is 0. The first kappa shape index (κ1) is 8.41. The number of fused-ring (bicyclic) bond motifs is 2. The summed E-state index contributed by atoms with van der Waals surface area (Å²) in [5.74, 6) is 0.563. The largest absolute Gasteiger partial charge is 0.492 e. The van der Waals surface area contributed by atoms with Gasteiger partial charge < -0.3 is 17.8 Å². The van der Waals surface area contributed by atoms with Crippen LogP contribution in [0.5, 0.6) is 0 Å². The van der Waals surface area contributed by atoms with Crippen LogP contribution in [0.4, 0.5) is 12.9 Å². The van der Waals surface area contributed by atoms with Crippen molar-refractivity contribution in [1.82, 2.24) is 4.90 Å². The summed E-state index contributed by atoms with van der Waals surface area (Å²) in [7, 11) is 0. The fourth-order valence-electron chi connectivity index (χ4n) is 2.52. The average molecular weight is 178 g/mol. The normalized spacial score (nSPS) is 36.2. The van der Waals surface area contributed by atoms with Gasteiger partial charge in [-0.1, -0.05) is 0 Å². The van der Waals surface area contributed by atoms with E-state index in [4.69, 9.17) is 0 Å². The maximum absolute atomic E-state index is 12.1. The summed E-state index contributed by atoms with van der Waals surface area (Å²) in [4.78, 5) is 1.62. The predicted molar refractivity (Wildman–Crippen MR) is 41.8 cm³/mol. The SMILES string of the molecule is F[B-](F)(F)CN1CC2CCC1C2. The van der Waals surface area contributed by atoms with Gasteiger partial charge in [-0.15, -0.1) is 0 Å². The molecule has 12 heavy (non-hydrogen) atoms. The van der Waals surface area contributed by atoms with Crippen LogP contribution in [-0.2, 0) is 0 Å². The van der Waals surface area contributed by atoms with Crippen LogP contribution in [0.2, 0.25) is 0 Å². The maximum Gasteiger partial charge on any atom is 0.492 e. The van der Waals surface area contributed by atoms with Gasteiger partial charge >= 0.3 is 6.98 Å². The molecule has 0 aromatic heterocycles. The highest BCUT2D eigenvalue weighted by molar-refractivity contribution is 6.58. The quantitative estimate of drug-likeness (QED) is 0.583. The van der Waals surface area contributed by atoms with Crippen molar-refractivity contribution in [2.45, 2.75) is 25.3 Å². The lowest BCUT2D eigenvalue weighted by Crippen LogP contribution is -2.42. The second-order valence-electron chi connectivity index (χ2n) is 4.00. The fraction of sp³-hybridized carbons (Fsp3) is 1.00. The van der Waals surface area contributed by atoms with Crippen molar-refractivity contribution >= 4 is 6.98 Å². The van der Waals surface area contributed by atoms with Crippen molar-refractivity contribution in [2.24, 2.45) is 5.92 Å². The number of rotatable bonds is 2. The molecule has 2 rings (SSSR count). The Morgan fingerprint density at radius 3 is 2.42 bits per heavy atom. The molecule has 1 aliphatic heterocycles. The Balaban J connectivity index is 1.91. The zero-order valence-electron chi connectivity index (χ0n) is 6.85. The molecule has 1 saturated heterocycles. The van der Waals surface area contributed by atoms with E-state index in [9.17, 15) is 12.9 Å². The van der Waals surface area contributed by atoms with Crippen molar-refractivity contribution in [1.29, 1.82) is 0 Å². The van der Waals surface area contributed by atoms with Gasteiger partial charge in [-0.25, -0.2) is 0 Å². The smallest absolute Gasteiger partial charge is 0.448 e. The molecular formula is C7H12BF3N-. The maximum atomic E-state index is 12.1. The van der Waals surface area contributed by atoms with E-state index >= 15 is 0 Å². The highest BCUT2D eigenvalue weighted by atomic mass is 19.4. The van der Waals surface area contributed by atoms with Crippen molar-refractivity contribution < 1.29 is 12.9 Å². The van der Waals surface area contributed by atoms with Gasteiger partial charge in [0.2, 0.25) is 0 Å². The van der Waals surface area contributed by atoms with Crippen LogP contribution in [0, 0.1) is 5.92 Å². The average Bonchev–Trinajstić information content (AvgIpc) is 2.42. The van der Waals surface area contributed by atoms with Crippen LogP contribution in [0.15, 0.2) is 0 Å². The minimum Gasteiger partial charge on any atom is -0.448 e. The molecule has 5 heteroatoms. The fourth-order valence-corrected chi connectivity index (χ4v) is 2.52. The molecular weight excluding hydrogens is 166 g/mol. The van der Waals surface area contributed by atoms with E-state index in [1.807, 2.05) is 0 Å². The first-order valence-corrected chi connectivity index (χ1v) is 4.49. The minimum atomic E-state index is -4.61. The molecule has 0 amide bonds. The topological polar surface area (TPSA) is 3.24 Å². The lowest BCUT2D eigenvalue weighted by atomic mass is 9.90. The van der Waals surface area contributed by atoms with E-state index in [0.717, 1.165) is 19.3 Å². The second kappa shape index (κ2) is 2.65. The molecule has 0 aromatic carbocycles. The first-order valence-electron chi connectivity index (χ1n) is 4.49. The Labute approximate surface area is 70.0 Å². The zero-order chi connectivity index (χ0) is 8.77. The molecule has 70 valence electrons. The number of hydrogen-bond acceptors (Lipinski definition) is 1. The first-order chi connectivity index (χ1) is 5.54. The van der Waals surface area contributed by atoms with Crippen molar-refractivity contribution in [3.05, 3.63) is 0 Å². The van der Waals surface area contributed by atoms with Gasteiger partial charge in [0.1, 0.15) is 0 Å². The van der Waals surface area contributed by atoms with Crippen LogP contribution < -0.4 is 0 Å². The molecule has 0 spiro atoms. The summed E-state index contributed by atoms with van der Waals surface area (Å²) in [6.07, 6.45) is 2.50. The molecule has 1 aliphatic carbocycles. The number of hydrogen-bond donors (Lipinski definition) is 0. The molecule has 1 heterocycles. The summed E-state index contributed by atoms with van der Waals surface area (Å²) in [6, 6.07) is 0.249. The molecule has 2 atom stereocenters. The molecule has 2 fully saturated rings. The molecule has 0 aromatic rings. The molecule has 1 saturated carbocycles. The van der Waals surface area contributed by atoms with Gasteiger partial charge in [0.25, 0.3) is 0 Å². The molecule has 2 bridgehead atoms. The van der Waals surface area contributed by atoms with Gasteiger partial charge in [-0.05, 0) is 38.2 Å². The van der Waals surface area contributed by atoms with E-state index in [0.29, 0.717) is 12.5 Å². The summed E-state index contributed by atoms with van der Waals surface area (Å²) in [6.45, 7) is -3.92. The minimum absolute atomic E-state index is 0.249. The lowest BCUT2D eigenvalue weighted by molar-refractivity contribution is 0.222. The third-order valence-electron chi connectivity index (χ3n) is 2.96. The van der Waals surface area contributed by atoms with E-state index in [1.54, 1.807) is 4.90 Å². The monoisotopic (exact) mass is 178 g/mol. The Kier molecular flexibility index (Phi) is 1.86. The van der Waals surface area contributed by atoms with E-state index in [-0.39, 0.29) is 6.04 Å². The summed E-state index contributed by atoms with van der Waals surface area (Å²) >= 11 is 0. The van der Waals surface area contributed by atoms with Crippen molar-refractivity contribution in [3.63, 3.8) is 0 Å². The highest BCUT2D eigenvalue weighted by Gasteiger charge is 2.40. The molecule has 2 unspecified atom stereocenters. The van der Waals surface area contributed by atoms with Gasteiger partial charge in [0.15, 0.2) is 0 Å². The number of likely N-dealkylation sites (tertiary alicyclic amines) is 1. The van der Waals surface area contributed by atoms with E-state index < -0.39 is 13.4 Å². The number of halogens is 3. The van der Waals surface area contributed by atoms with Crippen LogP contribution in [0.3, 0.4) is 0 Å². The zero-order valence-corrected chi connectivity index (χ0v) is 6.85. The summed E-state index contributed by atoms with van der Waals surface area (Å²) < 4.78 is 36.2. The van der Waals surface area contributed by atoms with Crippen molar-refractivity contribution in [2.75, 3.05) is 13.0 Å². The van der Waals surface area contributed by atoms with Crippen molar-refractivity contribution in [3.8, 4) is 0 Å². The van der Waals surface area contributed by atoms with E-state index in [2.05, 4.69) is 0 Å². The Morgan fingerprint density at radius 1 is 1.25 bits per heavy atom. The number of nitrogens with zero attached hydrogens (tertiary/aromatic N) is 1. The molecule has 0 radical (unpaired) electrons. The van der Waals surface area contributed by atoms with Gasteiger partial charge in [0, 0.05) is 6.04 Å². The summed E-state index contributed by atoms with van der Waals surface area (Å²) in [5.41, 5.74) is 0. The second-order valence-corrected chi connectivity index (χ2v) is 4.00. The third kappa shape index (κ3) is 1.60. The lowest BCUT2D eigenvalue weighted by Gasteiger charge is -2.31. The van der Waals surface area contributed by atoms with Gasteiger partial charge in [-0.3, -0.25) is 0 Å². The predicted octanol–water partition coefficient (Wildman–Crippen LogP) is 1.86. The van der Waals surface area contributed by atoms with Gasteiger partial charge in [-0.2, -0.15) is 0 Å². The van der Waals surface area contributed by atoms with Crippen LogP contribution in [0.25, 0.3) is 0 Å². The molecule has 2 aliphatic rings.